The fourth-order valence-electron chi connectivity index (χ4n) is 3.20. The molecule has 1 aromatic heterocycles. The largest absolute Gasteiger partial charge is 0.496 e. The molecule has 7 heteroatoms. The molecule has 2 aromatic rings. The number of benzene rings is 1. The summed E-state index contributed by atoms with van der Waals surface area (Å²) in [5.74, 6) is 1.25. The first-order valence-electron chi connectivity index (χ1n) is 8.01. The summed E-state index contributed by atoms with van der Waals surface area (Å²) in [6.07, 6.45) is 4.69. The zero-order valence-electron chi connectivity index (χ0n) is 13.8. The summed E-state index contributed by atoms with van der Waals surface area (Å²) < 4.78 is 10.4. The van der Waals surface area contributed by atoms with Crippen LogP contribution in [0.25, 0.3) is 0 Å². The van der Waals surface area contributed by atoms with Crippen LogP contribution in [-0.4, -0.2) is 23.2 Å². The first kappa shape index (κ1) is 16.8. The third-order valence-electron chi connectivity index (χ3n) is 4.42. The van der Waals surface area contributed by atoms with Crippen LogP contribution in [0.1, 0.15) is 54.2 Å². The van der Waals surface area contributed by atoms with Crippen LogP contribution in [0.5, 0.6) is 5.75 Å². The Balaban J connectivity index is 1.93. The van der Waals surface area contributed by atoms with Gasteiger partial charge in [0.15, 0.2) is 5.82 Å². The summed E-state index contributed by atoms with van der Waals surface area (Å²) in [6.45, 7) is 1.74. The normalized spacial score (nSPS) is 16.6. The van der Waals surface area contributed by atoms with Gasteiger partial charge in [-0.15, -0.1) is 0 Å². The fourth-order valence-corrected chi connectivity index (χ4v) is 3.37. The summed E-state index contributed by atoms with van der Waals surface area (Å²) in [7, 11) is 1.53. The Morgan fingerprint density at radius 3 is 2.71 bits per heavy atom. The lowest BCUT2D eigenvalue weighted by atomic mass is 9.80. The first-order valence-corrected chi connectivity index (χ1v) is 8.39. The average molecular weight is 350 g/mol. The molecule has 24 heavy (non-hydrogen) atoms. The Kier molecular flexibility index (Phi) is 4.76. The van der Waals surface area contributed by atoms with E-state index in [1.165, 1.54) is 7.11 Å². The molecule has 1 fully saturated rings. The van der Waals surface area contributed by atoms with Crippen molar-refractivity contribution in [2.45, 2.75) is 44.6 Å². The molecule has 0 unspecified atom stereocenters. The topological polar surface area (TPSA) is 77.2 Å². The van der Waals surface area contributed by atoms with Gasteiger partial charge in [-0.2, -0.15) is 4.98 Å². The molecule has 0 aliphatic heterocycles. The van der Waals surface area contributed by atoms with E-state index in [0.29, 0.717) is 28.1 Å². The van der Waals surface area contributed by atoms with Crippen LogP contribution in [0.3, 0.4) is 0 Å². The average Bonchev–Trinajstić information content (AvgIpc) is 3.03. The number of methoxy groups -OCH3 is 1. The minimum Gasteiger partial charge on any atom is -0.496 e. The molecule has 1 aromatic carbocycles. The summed E-state index contributed by atoms with van der Waals surface area (Å²) in [5, 5.41) is 7.66. The molecular weight excluding hydrogens is 330 g/mol. The molecule has 1 aliphatic rings. The van der Waals surface area contributed by atoms with Crippen molar-refractivity contribution in [1.82, 2.24) is 15.5 Å². The SMILES string of the molecule is COc1ccc(Cl)cc1C(=O)NC1(c2noc(C)n2)CCCCC1. The van der Waals surface area contributed by atoms with Crippen LogP contribution in [0.15, 0.2) is 22.7 Å². The van der Waals surface area contributed by atoms with E-state index in [4.69, 9.17) is 20.9 Å². The molecule has 6 nitrogen and oxygen atoms in total. The lowest BCUT2D eigenvalue weighted by Gasteiger charge is -2.35. The van der Waals surface area contributed by atoms with E-state index in [1.54, 1.807) is 25.1 Å². The van der Waals surface area contributed by atoms with Crippen molar-refractivity contribution in [3.05, 3.63) is 40.5 Å². The van der Waals surface area contributed by atoms with Crippen molar-refractivity contribution in [1.29, 1.82) is 0 Å². The van der Waals surface area contributed by atoms with E-state index in [0.717, 1.165) is 32.1 Å². The molecule has 1 N–H and O–H groups in total. The molecule has 1 aliphatic carbocycles. The highest BCUT2D eigenvalue weighted by atomic mass is 35.5. The number of hydrogen-bond acceptors (Lipinski definition) is 5. The molecule has 1 saturated carbocycles. The van der Waals surface area contributed by atoms with Gasteiger partial charge in [0.25, 0.3) is 5.91 Å². The highest BCUT2D eigenvalue weighted by Crippen LogP contribution is 2.36. The molecule has 0 spiro atoms. The molecule has 3 rings (SSSR count). The van der Waals surface area contributed by atoms with Gasteiger partial charge in [0.1, 0.15) is 11.3 Å². The van der Waals surface area contributed by atoms with Crippen molar-refractivity contribution in [3.8, 4) is 5.75 Å². The maximum absolute atomic E-state index is 12.9. The van der Waals surface area contributed by atoms with Gasteiger partial charge in [0, 0.05) is 11.9 Å². The minimum absolute atomic E-state index is 0.251. The number of carbonyl (C=O) groups excluding carboxylic acids is 1. The number of nitrogens with zero attached hydrogens (tertiary/aromatic N) is 2. The maximum Gasteiger partial charge on any atom is 0.255 e. The van der Waals surface area contributed by atoms with Crippen LogP contribution in [0.4, 0.5) is 0 Å². The first-order chi connectivity index (χ1) is 11.5. The van der Waals surface area contributed by atoms with Crippen molar-refractivity contribution in [2.75, 3.05) is 7.11 Å². The second-order valence-corrected chi connectivity index (χ2v) is 6.51. The third-order valence-corrected chi connectivity index (χ3v) is 4.66. The lowest BCUT2D eigenvalue weighted by molar-refractivity contribution is 0.0852. The molecule has 0 bridgehead atoms. The van der Waals surface area contributed by atoms with E-state index in [1.807, 2.05) is 0 Å². The minimum atomic E-state index is -0.611. The standard InChI is InChI=1S/C17H20ClN3O3/c1-11-19-16(21-24-11)17(8-4-3-5-9-17)20-15(22)13-10-12(18)6-7-14(13)23-2/h6-7,10H,3-5,8-9H2,1-2H3,(H,20,22). The van der Waals surface area contributed by atoms with Gasteiger partial charge in [-0.3, -0.25) is 4.79 Å². The Hall–Kier alpha value is -2.08. The van der Waals surface area contributed by atoms with Crippen molar-refractivity contribution in [2.24, 2.45) is 0 Å². The van der Waals surface area contributed by atoms with Crippen molar-refractivity contribution in [3.63, 3.8) is 0 Å². The summed E-state index contributed by atoms with van der Waals surface area (Å²) >= 11 is 6.04. The zero-order chi connectivity index (χ0) is 17.2. The number of aryl methyl sites for hydroxylation is 1. The number of amides is 1. The summed E-state index contributed by atoms with van der Waals surface area (Å²) in [5.41, 5.74) is -0.212. The maximum atomic E-state index is 12.9. The van der Waals surface area contributed by atoms with E-state index in [9.17, 15) is 4.79 Å². The van der Waals surface area contributed by atoms with Crippen LogP contribution >= 0.6 is 11.6 Å². The zero-order valence-corrected chi connectivity index (χ0v) is 14.5. The highest BCUT2D eigenvalue weighted by Gasteiger charge is 2.40. The monoisotopic (exact) mass is 349 g/mol. The van der Waals surface area contributed by atoms with Crippen LogP contribution in [0.2, 0.25) is 5.02 Å². The van der Waals surface area contributed by atoms with Crippen LogP contribution < -0.4 is 10.1 Å². The Morgan fingerprint density at radius 1 is 1.33 bits per heavy atom. The van der Waals surface area contributed by atoms with E-state index < -0.39 is 5.54 Å². The van der Waals surface area contributed by atoms with E-state index in [-0.39, 0.29) is 5.91 Å². The number of nitrogens with one attached hydrogen (secondary N) is 1. The lowest BCUT2D eigenvalue weighted by Crippen LogP contribution is -2.48. The van der Waals surface area contributed by atoms with Gasteiger partial charge in [-0.05, 0) is 31.0 Å². The van der Waals surface area contributed by atoms with Gasteiger partial charge in [-0.1, -0.05) is 36.0 Å². The van der Waals surface area contributed by atoms with E-state index >= 15 is 0 Å². The van der Waals surface area contributed by atoms with Gasteiger partial charge in [0.2, 0.25) is 5.89 Å². The molecule has 1 amide bonds. The Labute approximate surface area is 145 Å². The van der Waals surface area contributed by atoms with Crippen LogP contribution in [0, 0.1) is 6.92 Å². The van der Waals surface area contributed by atoms with Crippen molar-refractivity contribution < 1.29 is 14.1 Å². The second kappa shape index (κ2) is 6.81. The number of ether oxygens (including phenoxy) is 1. The number of halogens is 1. The molecular formula is C17H20ClN3O3. The van der Waals surface area contributed by atoms with E-state index in [2.05, 4.69) is 15.5 Å². The number of rotatable bonds is 4. The molecule has 0 radical (unpaired) electrons. The summed E-state index contributed by atoms with van der Waals surface area (Å²) in [6, 6.07) is 4.98. The number of carbonyl (C=O) groups is 1. The number of aromatic nitrogens is 2. The van der Waals surface area contributed by atoms with Gasteiger partial charge in [0.05, 0.1) is 12.7 Å². The molecule has 1 heterocycles. The smallest absolute Gasteiger partial charge is 0.255 e. The second-order valence-electron chi connectivity index (χ2n) is 6.08. The third kappa shape index (κ3) is 3.24. The quantitative estimate of drug-likeness (QED) is 0.912. The van der Waals surface area contributed by atoms with Gasteiger partial charge in [-0.25, -0.2) is 0 Å². The number of hydrogen-bond donors (Lipinski definition) is 1. The Morgan fingerprint density at radius 2 is 2.08 bits per heavy atom. The van der Waals surface area contributed by atoms with Crippen LogP contribution in [-0.2, 0) is 5.54 Å². The predicted octanol–water partition coefficient (Wildman–Crippen LogP) is 3.63. The van der Waals surface area contributed by atoms with Gasteiger partial charge >= 0.3 is 0 Å². The highest BCUT2D eigenvalue weighted by molar-refractivity contribution is 6.31. The Bertz CT molecular complexity index is 738. The predicted molar refractivity (Wildman–Crippen MR) is 89.3 cm³/mol. The van der Waals surface area contributed by atoms with Gasteiger partial charge < -0.3 is 14.6 Å². The van der Waals surface area contributed by atoms with Crippen molar-refractivity contribution >= 4 is 17.5 Å². The molecule has 128 valence electrons. The molecule has 0 atom stereocenters. The fraction of sp³-hybridized carbons (Fsp3) is 0.471. The summed E-state index contributed by atoms with van der Waals surface area (Å²) in [4.78, 5) is 17.3. The molecule has 0 saturated heterocycles.